The summed E-state index contributed by atoms with van der Waals surface area (Å²) in [7, 11) is -1.76. The van der Waals surface area contributed by atoms with Crippen molar-refractivity contribution in [1.82, 2.24) is 0 Å². The number of hydrogen-bond acceptors (Lipinski definition) is 3. The van der Waals surface area contributed by atoms with E-state index in [0.717, 1.165) is 36.5 Å². The second kappa shape index (κ2) is 5.59. The van der Waals surface area contributed by atoms with Crippen LogP contribution >= 0.6 is 0 Å². The fraction of sp³-hybridized carbons (Fsp3) is 0.778. The summed E-state index contributed by atoms with van der Waals surface area (Å²) in [5.74, 6) is -0.0523. The van der Waals surface area contributed by atoms with Crippen molar-refractivity contribution in [3.63, 3.8) is 0 Å². The first-order valence-electron chi connectivity index (χ1n) is 8.88. The highest BCUT2D eigenvalue weighted by Crippen LogP contribution is 2.62. The van der Waals surface area contributed by atoms with E-state index in [2.05, 4.69) is 27.7 Å². The molecule has 1 unspecified atom stereocenters. The Morgan fingerprint density at radius 3 is 2.23 bits per heavy atom. The van der Waals surface area contributed by atoms with Crippen LogP contribution in [0.15, 0.2) is 23.3 Å². The van der Waals surface area contributed by atoms with Gasteiger partial charge in [-0.05, 0) is 43.5 Å². The SMILES string of the molecule is CC[Si](CC)(CC)O[C@@H]1[C@H](O)[C@@H]2C=CC(O)C2=C(C)C12CC2. The molecule has 1 fully saturated rings. The van der Waals surface area contributed by atoms with Gasteiger partial charge in [-0.2, -0.15) is 0 Å². The van der Waals surface area contributed by atoms with Gasteiger partial charge in [0, 0.05) is 11.3 Å². The van der Waals surface area contributed by atoms with E-state index in [0.29, 0.717) is 0 Å². The third kappa shape index (κ3) is 2.19. The van der Waals surface area contributed by atoms with Gasteiger partial charge in [-0.25, -0.2) is 0 Å². The fourth-order valence-electron chi connectivity index (χ4n) is 4.66. The number of hydrogen-bond donors (Lipinski definition) is 2. The molecule has 0 bridgehead atoms. The summed E-state index contributed by atoms with van der Waals surface area (Å²) in [6.07, 6.45) is 4.88. The van der Waals surface area contributed by atoms with E-state index in [1.165, 1.54) is 5.57 Å². The monoisotopic (exact) mass is 322 g/mol. The largest absolute Gasteiger partial charge is 0.410 e. The molecule has 0 amide bonds. The zero-order chi connectivity index (χ0) is 16.1. The molecule has 3 aliphatic carbocycles. The Bertz CT molecular complexity index is 494. The number of fused-ring (bicyclic) bond motifs is 1. The maximum absolute atomic E-state index is 11.0. The van der Waals surface area contributed by atoms with Crippen LogP contribution in [0.25, 0.3) is 0 Å². The molecule has 124 valence electrons. The molecule has 0 heterocycles. The lowest BCUT2D eigenvalue weighted by atomic mass is 9.72. The Balaban J connectivity index is 1.96. The van der Waals surface area contributed by atoms with E-state index in [1.807, 2.05) is 12.2 Å². The molecule has 4 atom stereocenters. The average Bonchev–Trinajstić information content (AvgIpc) is 3.23. The number of aliphatic hydroxyl groups excluding tert-OH is 2. The summed E-state index contributed by atoms with van der Waals surface area (Å²) in [6, 6.07) is 3.33. The van der Waals surface area contributed by atoms with Crippen LogP contribution in [0.3, 0.4) is 0 Å². The maximum Gasteiger partial charge on any atom is 0.192 e. The first-order valence-corrected chi connectivity index (χ1v) is 11.4. The molecule has 0 aromatic rings. The van der Waals surface area contributed by atoms with Crippen LogP contribution < -0.4 is 0 Å². The van der Waals surface area contributed by atoms with Crippen molar-refractivity contribution in [2.24, 2.45) is 11.3 Å². The summed E-state index contributed by atoms with van der Waals surface area (Å²) >= 11 is 0. The molecule has 2 N–H and O–H groups in total. The topological polar surface area (TPSA) is 49.7 Å². The minimum Gasteiger partial charge on any atom is -0.410 e. The van der Waals surface area contributed by atoms with Gasteiger partial charge in [-0.3, -0.25) is 0 Å². The van der Waals surface area contributed by atoms with Crippen LogP contribution in [-0.2, 0) is 4.43 Å². The van der Waals surface area contributed by atoms with E-state index in [9.17, 15) is 10.2 Å². The van der Waals surface area contributed by atoms with Crippen LogP contribution in [0, 0.1) is 11.3 Å². The van der Waals surface area contributed by atoms with Crippen molar-refractivity contribution in [2.45, 2.75) is 77.0 Å². The molecule has 3 rings (SSSR count). The first kappa shape index (κ1) is 16.4. The molecule has 0 aliphatic heterocycles. The minimum atomic E-state index is -1.76. The quantitative estimate of drug-likeness (QED) is 0.602. The van der Waals surface area contributed by atoms with Gasteiger partial charge in [-0.15, -0.1) is 0 Å². The van der Waals surface area contributed by atoms with Crippen LogP contribution in [0.5, 0.6) is 0 Å². The zero-order valence-corrected chi connectivity index (χ0v) is 15.3. The molecule has 4 heteroatoms. The van der Waals surface area contributed by atoms with Crippen molar-refractivity contribution in [3.8, 4) is 0 Å². The van der Waals surface area contributed by atoms with E-state index >= 15 is 0 Å². The van der Waals surface area contributed by atoms with Gasteiger partial charge in [0.15, 0.2) is 8.32 Å². The molecule has 0 saturated heterocycles. The molecule has 0 aromatic heterocycles. The highest BCUT2D eigenvalue weighted by atomic mass is 28.4. The van der Waals surface area contributed by atoms with Crippen LogP contribution in [0.1, 0.15) is 40.5 Å². The van der Waals surface area contributed by atoms with Crippen molar-refractivity contribution >= 4 is 8.32 Å². The van der Waals surface area contributed by atoms with Gasteiger partial charge in [0.05, 0.1) is 18.3 Å². The molecule has 3 aliphatic rings. The predicted octanol–water partition coefficient (Wildman–Crippen LogP) is 3.39. The summed E-state index contributed by atoms with van der Waals surface area (Å²) in [4.78, 5) is 0. The summed E-state index contributed by atoms with van der Waals surface area (Å²) in [5.41, 5.74) is 2.33. The van der Waals surface area contributed by atoms with Crippen LogP contribution in [-0.4, -0.2) is 36.8 Å². The summed E-state index contributed by atoms with van der Waals surface area (Å²) in [6.45, 7) is 8.87. The Morgan fingerprint density at radius 2 is 1.73 bits per heavy atom. The van der Waals surface area contributed by atoms with Gasteiger partial charge >= 0.3 is 0 Å². The molecule has 0 aromatic carbocycles. The van der Waals surface area contributed by atoms with Gasteiger partial charge in [-0.1, -0.05) is 38.5 Å². The van der Waals surface area contributed by atoms with E-state index in [1.54, 1.807) is 0 Å². The highest BCUT2D eigenvalue weighted by Gasteiger charge is 2.61. The number of rotatable bonds is 5. The normalized spacial score (nSPS) is 36.1. The highest BCUT2D eigenvalue weighted by molar-refractivity contribution is 6.73. The summed E-state index contributed by atoms with van der Waals surface area (Å²) in [5, 5.41) is 21.2. The van der Waals surface area contributed by atoms with Gasteiger partial charge < -0.3 is 14.6 Å². The van der Waals surface area contributed by atoms with Gasteiger partial charge in [0.2, 0.25) is 0 Å². The third-order valence-electron chi connectivity index (χ3n) is 6.68. The zero-order valence-electron chi connectivity index (χ0n) is 14.3. The summed E-state index contributed by atoms with van der Waals surface area (Å²) < 4.78 is 6.77. The van der Waals surface area contributed by atoms with Gasteiger partial charge in [0.25, 0.3) is 0 Å². The fourth-order valence-corrected chi connectivity index (χ4v) is 7.56. The number of aliphatic hydroxyl groups is 2. The Kier molecular flexibility index (Phi) is 4.17. The second-order valence-corrected chi connectivity index (χ2v) is 12.1. The lowest BCUT2D eigenvalue weighted by molar-refractivity contribution is -0.0328. The molecule has 22 heavy (non-hydrogen) atoms. The van der Waals surface area contributed by atoms with Crippen molar-refractivity contribution in [2.75, 3.05) is 0 Å². The van der Waals surface area contributed by atoms with Crippen molar-refractivity contribution in [1.29, 1.82) is 0 Å². The Labute approximate surface area is 135 Å². The maximum atomic E-state index is 11.0. The Morgan fingerprint density at radius 1 is 1.14 bits per heavy atom. The molecule has 1 spiro atoms. The smallest absolute Gasteiger partial charge is 0.192 e. The average molecular weight is 323 g/mol. The van der Waals surface area contributed by atoms with E-state index in [-0.39, 0.29) is 17.4 Å². The minimum absolute atomic E-state index is 0.00396. The van der Waals surface area contributed by atoms with Crippen LogP contribution in [0.2, 0.25) is 18.1 Å². The third-order valence-corrected chi connectivity index (χ3v) is 11.3. The second-order valence-electron chi connectivity index (χ2n) is 7.36. The standard InChI is InChI=1S/C18H30O3Si/c1-5-22(6-2,7-3)21-17-16(20)13-8-9-14(19)15(13)12(4)18(17)10-11-18/h8-9,13-14,16-17,19-20H,5-7,10-11H2,1-4H3/t13-,14?,16-,17-/m1/s1. The molecule has 1 saturated carbocycles. The molecule has 3 nitrogen and oxygen atoms in total. The first-order chi connectivity index (χ1) is 10.4. The Hall–Kier alpha value is -0.423. The molecular formula is C18H30O3Si. The lowest BCUT2D eigenvalue weighted by Gasteiger charge is -2.46. The molecular weight excluding hydrogens is 292 g/mol. The van der Waals surface area contributed by atoms with Crippen molar-refractivity contribution in [3.05, 3.63) is 23.3 Å². The lowest BCUT2D eigenvalue weighted by Crippen LogP contribution is -2.53. The van der Waals surface area contributed by atoms with E-state index in [4.69, 9.17) is 4.43 Å². The van der Waals surface area contributed by atoms with Crippen molar-refractivity contribution < 1.29 is 14.6 Å². The molecule has 0 radical (unpaired) electrons. The van der Waals surface area contributed by atoms with Gasteiger partial charge in [0.1, 0.15) is 0 Å². The van der Waals surface area contributed by atoms with E-state index < -0.39 is 20.5 Å². The van der Waals surface area contributed by atoms with Crippen LogP contribution in [0.4, 0.5) is 0 Å². The predicted molar refractivity (Wildman–Crippen MR) is 91.1 cm³/mol.